The maximum Gasteiger partial charge on any atom is 0.333 e. The summed E-state index contributed by atoms with van der Waals surface area (Å²) in [6, 6.07) is -1.10. The molecular formula is C17H29ClN5O4+. The van der Waals surface area contributed by atoms with Gasteiger partial charge in [-0.3, -0.25) is 14.6 Å². The molecule has 3 aliphatic heterocycles. The summed E-state index contributed by atoms with van der Waals surface area (Å²) in [6.07, 6.45) is 2.94. The topological polar surface area (TPSA) is 88.7 Å². The van der Waals surface area contributed by atoms with Gasteiger partial charge in [-0.2, -0.15) is 0 Å². The first-order valence-corrected chi connectivity index (χ1v) is 9.09. The number of halogens is 1. The lowest BCUT2D eigenvalue weighted by Crippen LogP contribution is -2.62. The van der Waals surface area contributed by atoms with Gasteiger partial charge in [0.05, 0.1) is 0 Å². The quantitative estimate of drug-likeness (QED) is 0.612. The maximum atomic E-state index is 12.7. The van der Waals surface area contributed by atoms with Crippen LogP contribution in [0.2, 0.25) is 0 Å². The van der Waals surface area contributed by atoms with Crippen LogP contribution in [0.1, 0.15) is 19.3 Å². The van der Waals surface area contributed by atoms with Gasteiger partial charge in [-0.1, -0.05) is 6.42 Å². The zero-order valence-electron chi connectivity index (χ0n) is 16.1. The number of methoxy groups -OCH3 is 1. The van der Waals surface area contributed by atoms with Crippen LogP contribution in [0.4, 0.5) is 4.79 Å². The second kappa shape index (κ2) is 9.09. The zero-order chi connectivity index (χ0) is 18.8. The van der Waals surface area contributed by atoms with E-state index in [9.17, 15) is 14.7 Å². The molecular weight excluding hydrogens is 374 g/mol. The molecule has 1 N–H and O–H groups in total. The van der Waals surface area contributed by atoms with Gasteiger partial charge in [-0.05, 0) is 30.9 Å². The average molecular weight is 403 g/mol. The van der Waals surface area contributed by atoms with Crippen LogP contribution in [0.5, 0.6) is 0 Å². The molecule has 3 rings (SSSR count). The summed E-state index contributed by atoms with van der Waals surface area (Å²) < 4.78 is 6.98. The van der Waals surface area contributed by atoms with Gasteiger partial charge in [0.15, 0.2) is 6.61 Å². The van der Waals surface area contributed by atoms with Crippen molar-refractivity contribution in [2.75, 3.05) is 54.0 Å². The van der Waals surface area contributed by atoms with Gasteiger partial charge < -0.3 is 14.7 Å². The Balaban J connectivity index is 0.00000261. The lowest BCUT2D eigenvalue weighted by Gasteiger charge is -2.32. The predicted octanol–water partition coefficient (Wildman–Crippen LogP) is -0.383. The number of ether oxygens (including phenoxy) is 1. The van der Waals surface area contributed by atoms with Gasteiger partial charge in [0.25, 0.3) is 17.8 Å². The Bertz CT molecular complexity index is 647. The fraction of sp³-hybridized carbons (Fsp3) is 0.765. The molecule has 2 saturated heterocycles. The second-order valence-corrected chi connectivity index (χ2v) is 7.13. The minimum Gasteiger partial charge on any atom is -0.388 e. The highest BCUT2D eigenvalue weighted by Crippen LogP contribution is 2.19. The van der Waals surface area contributed by atoms with Gasteiger partial charge in [-0.15, -0.1) is 12.4 Å². The Labute approximate surface area is 165 Å². The van der Waals surface area contributed by atoms with E-state index >= 15 is 0 Å². The Kier molecular flexibility index (Phi) is 7.32. The first-order chi connectivity index (χ1) is 12.4. The van der Waals surface area contributed by atoms with Crippen molar-refractivity contribution in [3.05, 3.63) is 0 Å². The molecule has 0 aromatic rings. The monoisotopic (exact) mass is 402 g/mol. The van der Waals surface area contributed by atoms with E-state index in [-0.39, 0.29) is 31.5 Å². The third kappa shape index (κ3) is 4.31. The molecule has 152 valence electrons. The fourth-order valence-corrected chi connectivity index (χ4v) is 3.83. The van der Waals surface area contributed by atoms with Gasteiger partial charge in [0, 0.05) is 27.7 Å². The van der Waals surface area contributed by atoms with E-state index in [4.69, 9.17) is 4.74 Å². The van der Waals surface area contributed by atoms with Crippen molar-refractivity contribution in [2.24, 2.45) is 4.99 Å². The number of piperidine rings is 1. The molecule has 3 heterocycles. The van der Waals surface area contributed by atoms with E-state index in [0.29, 0.717) is 18.2 Å². The molecule has 0 aliphatic carbocycles. The molecule has 27 heavy (non-hydrogen) atoms. The van der Waals surface area contributed by atoms with Crippen molar-refractivity contribution in [3.63, 3.8) is 0 Å². The fourth-order valence-electron chi connectivity index (χ4n) is 3.83. The molecule has 0 saturated carbocycles. The normalized spacial score (nSPS) is 24.7. The van der Waals surface area contributed by atoms with Crippen molar-refractivity contribution in [3.8, 4) is 0 Å². The molecule has 0 aromatic carbocycles. The summed E-state index contributed by atoms with van der Waals surface area (Å²) in [7, 11) is 4.63. The lowest BCUT2D eigenvalue weighted by atomic mass is 10.1. The van der Waals surface area contributed by atoms with Crippen LogP contribution in [0.3, 0.4) is 0 Å². The number of aliphatic hydroxyl groups excluding tert-OH is 1. The number of likely N-dealkylation sites (N-methyl/N-ethyl adjacent to an activating group) is 2. The standard InChI is InChI=1S/C17H28N5O4.ClH/c1-19-15-14(16(24)20(2)17(19)25)22(13(18-15)11-26-3)10-12(23)9-21-7-5-4-6-8-21;/h12,14,23H,4-11H2,1-3H3;1H/q+1;. The summed E-state index contributed by atoms with van der Waals surface area (Å²) in [5, 5.41) is 10.6. The highest BCUT2D eigenvalue weighted by Gasteiger charge is 2.53. The number of carbonyl (C=O) groups is 2. The number of aliphatic imine (C=N–C) groups is 1. The summed E-state index contributed by atoms with van der Waals surface area (Å²) in [6.45, 7) is 3.05. The van der Waals surface area contributed by atoms with Crippen LogP contribution in [0, 0.1) is 0 Å². The van der Waals surface area contributed by atoms with E-state index in [1.165, 1.54) is 18.4 Å². The van der Waals surface area contributed by atoms with Gasteiger partial charge in [0.2, 0.25) is 0 Å². The number of hydrogen-bond acceptors (Lipinski definition) is 6. The Hall–Kier alpha value is -1.55. The van der Waals surface area contributed by atoms with Crippen LogP contribution in [-0.2, 0) is 9.53 Å². The van der Waals surface area contributed by atoms with Crippen molar-refractivity contribution in [1.82, 2.24) is 14.7 Å². The van der Waals surface area contributed by atoms with E-state index in [1.807, 2.05) is 0 Å². The zero-order valence-corrected chi connectivity index (χ0v) is 16.9. The number of amides is 3. The van der Waals surface area contributed by atoms with Crippen molar-refractivity contribution < 1.29 is 24.0 Å². The summed E-state index contributed by atoms with van der Waals surface area (Å²) in [4.78, 5) is 34.1. The van der Waals surface area contributed by atoms with E-state index in [1.54, 1.807) is 18.7 Å². The molecule has 0 bridgehead atoms. The molecule has 2 unspecified atom stereocenters. The number of likely N-dealkylation sites (tertiary alicyclic amines) is 1. The van der Waals surface area contributed by atoms with Crippen molar-refractivity contribution >= 4 is 36.0 Å². The van der Waals surface area contributed by atoms with Crippen LogP contribution in [0.25, 0.3) is 0 Å². The summed E-state index contributed by atoms with van der Waals surface area (Å²) in [5.74, 6) is 0.631. The van der Waals surface area contributed by atoms with E-state index < -0.39 is 18.2 Å². The largest absolute Gasteiger partial charge is 0.388 e. The first-order valence-electron chi connectivity index (χ1n) is 9.09. The van der Waals surface area contributed by atoms with E-state index in [0.717, 1.165) is 30.8 Å². The number of fused-ring (bicyclic) bond motifs is 1. The minimum atomic E-state index is -0.691. The highest BCUT2D eigenvalue weighted by atomic mass is 35.5. The van der Waals surface area contributed by atoms with Crippen molar-refractivity contribution in [1.29, 1.82) is 0 Å². The molecule has 9 nitrogen and oxygen atoms in total. The summed E-state index contributed by atoms with van der Waals surface area (Å²) in [5.41, 5.74) is 0. The number of rotatable bonds is 6. The van der Waals surface area contributed by atoms with Gasteiger partial charge in [0.1, 0.15) is 12.6 Å². The number of β-amino-alcohol motifs (C(OH)–C–C–N with tert-alkyl or cyclic N) is 1. The predicted molar refractivity (Wildman–Crippen MR) is 103 cm³/mol. The first kappa shape index (κ1) is 21.7. The molecule has 0 aromatic heterocycles. The Morgan fingerprint density at radius 3 is 2.52 bits per heavy atom. The smallest absolute Gasteiger partial charge is 0.333 e. The van der Waals surface area contributed by atoms with Crippen LogP contribution in [0.15, 0.2) is 4.99 Å². The number of amidine groups is 2. The molecule has 0 spiro atoms. The maximum absolute atomic E-state index is 12.7. The SMILES string of the molecule is COCC1=[N+](CC(O)CN2CCCCC2)C2C(=O)N(C)C(=O)N(C)C2=N1.Cl. The number of urea groups is 1. The van der Waals surface area contributed by atoms with E-state index in [2.05, 4.69) is 9.89 Å². The number of imide groups is 1. The minimum absolute atomic E-state index is 0. The van der Waals surface area contributed by atoms with Gasteiger partial charge in [-0.25, -0.2) is 9.37 Å². The number of carbonyl (C=O) groups excluding carboxylic acids is 2. The highest BCUT2D eigenvalue weighted by molar-refractivity contribution is 6.22. The van der Waals surface area contributed by atoms with Crippen LogP contribution < -0.4 is 0 Å². The lowest BCUT2D eigenvalue weighted by molar-refractivity contribution is -0.545. The second-order valence-electron chi connectivity index (χ2n) is 7.13. The molecule has 2 atom stereocenters. The van der Waals surface area contributed by atoms with Crippen LogP contribution in [-0.4, -0.2) is 114 Å². The third-order valence-electron chi connectivity index (χ3n) is 5.21. The molecule has 2 fully saturated rings. The molecule has 0 radical (unpaired) electrons. The van der Waals surface area contributed by atoms with Crippen LogP contribution >= 0.6 is 12.4 Å². The molecule has 3 aliphatic rings. The Morgan fingerprint density at radius 1 is 1.22 bits per heavy atom. The number of aliphatic hydroxyl groups is 1. The summed E-state index contributed by atoms with van der Waals surface area (Å²) >= 11 is 0. The number of nitrogens with zero attached hydrogens (tertiary/aromatic N) is 5. The number of hydrogen-bond donors (Lipinski definition) is 1. The third-order valence-corrected chi connectivity index (χ3v) is 5.21. The average Bonchev–Trinajstić information content (AvgIpc) is 2.97. The molecule has 3 amide bonds. The Morgan fingerprint density at radius 2 is 1.89 bits per heavy atom. The van der Waals surface area contributed by atoms with Crippen molar-refractivity contribution in [2.45, 2.75) is 31.4 Å². The molecule has 10 heteroatoms. The van der Waals surface area contributed by atoms with Gasteiger partial charge >= 0.3 is 11.9 Å².